The van der Waals surface area contributed by atoms with Crippen molar-refractivity contribution in [1.29, 1.82) is 0 Å². The van der Waals surface area contributed by atoms with Crippen LogP contribution in [0.25, 0.3) is 0 Å². The Hall–Kier alpha value is -2.44. The number of esters is 1. The summed E-state index contributed by atoms with van der Waals surface area (Å²) in [5.74, 6) is -0.0541. The summed E-state index contributed by atoms with van der Waals surface area (Å²) in [5.41, 5.74) is 0.492. The van der Waals surface area contributed by atoms with E-state index >= 15 is 0 Å². The number of aryl methyl sites for hydroxylation is 1. The molecule has 1 saturated carbocycles. The number of ether oxygens (including phenoxy) is 1. The van der Waals surface area contributed by atoms with Crippen molar-refractivity contribution < 1.29 is 19.2 Å². The fraction of sp³-hybridized carbons (Fsp3) is 0.579. The summed E-state index contributed by atoms with van der Waals surface area (Å²) in [6.07, 6.45) is 2.24. The highest BCUT2D eigenvalue weighted by atomic mass is 16.6. The van der Waals surface area contributed by atoms with Gasteiger partial charge in [-0.05, 0) is 44.2 Å². The highest BCUT2D eigenvalue weighted by Crippen LogP contribution is 2.29. The molecule has 7 nitrogen and oxygen atoms in total. The molecule has 1 fully saturated rings. The maximum Gasteiger partial charge on any atom is 0.338 e. The van der Waals surface area contributed by atoms with Gasteiger partial charge in [-0.15, -0.1) is 0 Å². The number of amides is 1. The molecule has 0 spiro atoms. The Labute approximate surface area is 153 Å². The van der Waals surface area contributed by atoms with Crippen molar-refractivity contribution in [3.05, 3.63) is 39.4 Å². The van der Waals surface area contributed by atoms with Crippen LogP contribution in [-0.4, -0.2) is 28.9 Å². The van der Waals surface area contributed by atoms with Crippen LogP contribution in [0.1, 0.15) is 56.0 Å². The average Bonchev–Trinajstić information content (AvgIpc) is 2.58. The molecule has 2 rings (SSSR count). The number of nitrogens with one attached hydrogen (secondary N) is 1. The second-order valence-corrected chi connectivity index (χ2v) is 7.19. The number of rotatable bonds is 5. The molecule has 7 heteroatoms. The van der Waals surface area contributed by atoms with Gasteiger partial charge in [-0.1, -0.05) is 26.7 Å². The minimum atomic E-state index is -0.928. The predicted molar refractivity (Wildman–Crippen MR) is 96.8 cm³/mol. The Kier molecular flexibility index (Phi) is 6.34. The Morgan fingerprint density at radius 3 is 2.62 bits per heavy atom. The molecule has 0 bridgehead atoms. The number of nitro benzene ring substituents is 1. The molecule has 26 heavy (non-hydrogen) atoms. The van der Waals surface area contributed by atoms with Crippen LogP contribution in [0.4, 0.5) is 5.69 Å². The topological polar surface area (TPSA) is 98.5 Å². The maximum absolute atomic E-state index is 12.4. The fourth-order valence-electron chi connectivity index (χ4n) is 3.36. The van der Waals surface area contributed by atoms with Crippen LogP contribution in [0, 0.1) is 28.9 Å². The summed E-state index contributed by atoms with van der Waals surface area (Å²) >= 11 is 0. The first kappa shape index (κ1) is 19.9. The normalized spacial score (nSPS) is 23.8. The highest BCUT2D eigenvalue weighted by Gasteiger charge is 2.30. The molecule has 0 radical (unpaired) electrons. The molecular formula is C19H26N2O5. The van der Waals surface area contributed by atoms with Crippen LogP contribution in [-0.2, 0) is 9.53 Å². The van der Waals surface area contributed by atoms with Gasteiger partial charge in [0.15, 0.2) is 6.10 Å². The van der Waals surface area contributed by atoms with Gasteiger partial charge in [0.1, 0.15) is 0 Å². The standard InChI is InChI=1S/C19H26N2O5/c1-11-6-5-7-16(13(11)3)20-18(22)14(4)26-19(23)15-8-9-17(21(24)25)12(2)10-15/h8-11,13-14,16H,5-7H2,1-4H3,(H,20,22)/t11-,13-,14-,16-/m0/s1. The van der Waals surface area contributed by atoms with Crippen LogP contribution in [0.5, 0.6) is 0 Å². The third-order valence-corrected chi connectivity index (χ3v) is 5.32. The zero-order valence-electron chi connectivity index (χ0n) is 15.7. The molecular weight excluding hydrogens is 336 g/mol. The second kappa shape index (κ2) is 8.29. The number of benzene rings is 1. The van der Waals surface area contributed by atoms with E-state index in [1.165, 1.54) is 25.1 Å². The minimum Gasteiger partial charge on any atom is -0.449 e. The molecule has 0 heterocycles. The van der Waals surface area contributed by atoms with Crippen LogP contribution in [0.3, 0.4) is 0 Å². The number of nitrogens with zero attached hydrogens (tertiary/aromatic N) is 1. The first-order valence-corrected chi connectivity index (χ1v) is 8.97. The zero-order chi connectivity index (χ0) is 19.4. The molecule has 1 aliphatic rings. The van der Waals surface area contributed by atoms with Crippen LogP contribution >= 0.6 is 0 Å². The molecule has 1 N–H and O–H groups in total. The second-order valence-electron chi connectivity index (χ2n) is 7.19. The Bertz CT molecular complexity index is 703. The quantitative estimate of drug-likeness (QED) is 0.492. The highest BCUT2D eigenvalue weighted by molar-refractivity contribution is 5.92. The lowest BCUT2D eigenvalue weighted by Crippen LogP contribution is -2.47. The Morgan fingerprint density at radius 2 is 2.00 bits per heavy atom. The van der Waals surface area contributed by atoms with E-state index in [9.17, 15) is 19.7 Å². The molecule has 4 atom stereocenters. The van der Waals surface area contributed by atoms with E-state index in [4.69, 9.17) is 4.74 Å². The molecule has 1 aromatic rings. The minimum absolute atomic E-state index is 0.0623. The molecule has 1 amide bonds. The van der Waals surface area contributed by atoms with Crippen molar-refractivity contribution in [2.24, 2.45) is 11.8 Å². The van der Waals surface area contributed by atoms with Crippen molar-refractivity contribution in [2.75, 3.05) is 0 Å². The number of nitro groups is 1. The van der Waals surface area contributed by atoms with Crippen molar-refractivity contribution in [3.8, 4) is 0 Å². The SMILES string of the molecule is Cc1cc(C(=O)O[C@@H](C)C(=O)N[C@H]2CCC[C@H](C)[C@@H]2C)ccc1[N+](=O)[O-]. The van der Waals surface area contributed by atoms with Crippen molar-refractivity contribution >= 4 is 17.6 Å². The molecule has 0 saturated heterocycles. The van der Waals surface area contributed by atoms with Crippen LogP contribution in [0.2, 0.25) is 0 Å². The van der Waals surface area contributed by atoms with E-state index in [0.717, 1.165) is 19.3 Å². The van der Waals surface area contributed by atoms with Gasteiger partial charge in [0.05, 0.1) is 10.5 Å². The maximum atomic E-state index is 12.4. The first-order valence-electron chi connectivity index (χ1n) is 8.97. The lowest BCUT2D eigenvalue weighted by molar-refractivity contribution is -0.385. The first-order chi connectivity index (χ1) is 12.2. The summed E-state index contributed by atoms with van der Waals surface area (Å²) in [4.78, 5) is 34.9. The predicted octanol–water partition coefficient (Wildman–Crippen LogP) is 3.39. The van der Waals surface area contributed by atoms with Gasteiger partial charge >= 0.3 is 5.97 Å². The fourth-order valence-corrected chi connectivity index (χ4v) is 3.36. The van der Waals surface area contributed by atoms with Crippen LogP contribution in [0.15, 0.2) is 18.2 Å². The largest absolute Gasteiger partial charge is 0.449 e. The van der Waals surface area contributed by atoms with Gasteiger partial charge in [0.25, 0.3) is 11.6 Å². The molecule has 0 unspecified atom stereocenters. The average molecular weight is 362 g/mol. The zero-order valence-corrected chi connectivity index (χ0v) is 15.7. The summed E-state index contributed by atoms with van der Waals surface area (Å²) in [6, 6.07) is 4.09. The lowest BCUT2D eigenvalue weighted by Gasteiger charge is -2.35. The van der Waals surface area contributed by atoms with E-state index in [0.29, 0.717) is 17.4 Å². The summed E-state index contributed by atoms with van der Waals surface area (Å²) < 4.78 is 5.24. The molecule has 1 aliphatic carbocycles. The Balaban J connectivity index is 1.96. The number of carbonyl (C=O) groups excluding carboxylic acids is 2. The summed E-state index contributed by atoms with van der Waals surface area (Å²) in [6.45, 7) is 7.40. The van der Waals surface area contributed by atoms with E-state index in [1.807, 2.05) is 0 Å². The molecule has 0 aromatic heterocycles. The van der Waals surface area contributed by atoms with Crippen molar-refractivity contribution in [2.45, 2.75) is 59.1 Å². The van der Waals surface area contributed by atoms with Gasteiger partial charge in [0.2, 0.25) is 0 Å². The summed E-state index contributed by atoms with van der Waals surface area (Å²) in [5, 5.41) is 13.8. The lowest BCUT2D eigenvalue weighted by atomic mass is 9.78. The molecule has 1 aromatic carbocycles. The van der Waals surface area contributed by atoms with Gasteiger partial charge < -0.3 is 10.1 Å². The third kappa shape index (κ3) is 4.59. The van der Waals surface area contributed by atoms with E-state index < -0.39 is 17.0 Å². The van der Waals surface area contributed by atoms with Gasteiger partial charge in [0, 0.05) is 17.7 Å². The number of hydrogen-bond acceptors (Lipinski definition) is 5. The van der Waals surface area contributed by atoms with E-state index in [2.05, 4.69) is 19.2 Å². The smallest absolute Gasteiger partial charge is 0.338 e. The molecule has 0 aliphatic heterocycles. The Morgan fingerprint density at radius 1 is 1.31 bits per heavy atom. The van der Waals surface area contributed by atoms with Gasteiger partial charge in [-0.2, -0.15) is 0 Å². The number of hydrogen-bond donors (Lipinski definition) is 1. The van der Waals surface area contributed by atoms with E-state index in [1.54, 1.807) is 6.92 Å². The van der Waals surface area contributed by atoms with Crippen molar-refractivity contribution in [1.82, 2.24) is 5.32 Å². The third-order valence-electron chi connectivity index (χ3n) is 5.32. The van der Waals surface area contributed by atoms with Crippen LogP contribution < -0.4 is 5.32 Å². The number of carbonyl (C=O) groups is 2. The van der Waals surface area contributed by atoms with Crippen molar-refractivity contribution in [3.63, 3.8) is 0 Å². The summed E-state index contributed by atoms with van der Waals surface area (Å²) in [7, 11) is 0. The monoisotopic (exact) mass is 362 g/mol. The van der Waals surface area contributed by atoms with Gasteiger partial charge in [-0.25, -0.2) is 4.79 Å². The van der Waals surface area contributed by atoms with E-state index in [-0.39, 0.29) is 23.2 Å². The van der Waals surface area contributed by atoms with Gasteiger partial charge in [-0.3, -0.25) is 14.9 Å². The molecule has 142 valence electrons.